The maximum absolute atomic E-state index is 11.3. The Morgan fingerprint density at radius 3 is 2.47 bits per heavy atom. The minimum Gasteiger partial charge on any atom is -0.478 e. The molecule has 98 valence electrons. The van der Waals surface area contributed by atoms with E-state index in [2.05, 4.69) is 0 Å². The second-order valence-electron chi connectivity index (χ2n) is 4.16. The summed E-state index contributed by atoms with van der Waals surface area (Å²) in [4.78, 5) is 11.3. The summed E-state index contributed by atoms with van der Waals surface area (Å²) in [5, 5.41) is 9.88. The molecule has 0 heterocycles. The van der Waals surface area contributed by atoms with Crippen LogP contribution in [0.5, 0.6) is 5.75 Å². The van der Waals surface area contributed by atoms with Crippen LogP contribution in [0.3, 0.4) is 0 Å². The van der Waals surface area contributed by atoms with Crippen molar-refractivity contribution < 1.29 is 14.6 Å². The topological polar surface area (TPSA) is 46.5 Å². The van der Waals surface area contributed by atoms with E-state index in [0.717, 1.165) is 5.56 Å². The predicted octanol–water partition coefficient (Wildman–Crippen LogP) is 3.85. The molecule has 4 heteroatoms. The van der Waals surface area contributed by atoms with E-state index in [4.69, 9.17) is 16.3 Å². The van der Waals surface area contributed by atoms with Crippen LogP contribution in [0.25, 0.3) is 0 Å². The monoisotopic (exact) mass is 276 g/mol. The highest BCUT2D eigenvalue weighted by atomic mass is 35.5. The highest BCUT2D eigenvalue weighted by Crippen LogP contribution is 2.26. The standard InChI is InChI=1S/C15H13ClO3/c1-10-9-12(7-8-13(10)16)19-14(15(17)18)11-5-3-2-4-6-11/h2-9,14H,1H3,(H,17,18). The third-order valence-corrected chi connectivity index (χ3v) is 3.13. The Morgan fingerprint density at radius 1 is 1.21 bits per heavy atom. The largest absolute Gasteiger partial charge is 0.478 e. The Labute approximate surface area is 116 Å². The van der Waals surface area contributed by atoms with E-state index in [1.54, 1.807) is 42.5 Å². The van der Waals surface area contributed by atoms with E-state index >= 15 is 0 Å². The number of aliphatic carboxylic acids is 1. The van der Waals surface area contributed by atoms with Gasteiger partial charge in [-0.3, -0.25) is 0 Å². The summed E-state index contributed by atoms with van der Waals surface area (Å²) in [6, 6.07) is 13.9. The first-order chi connectivity index (χ1) is 9.08. The smallest absolute Gasteiger partial charge is 0.349 e. The zero-order valence-corrected chi connectivity index (χ0v) is 11.1. The van der Waals surface area contributed by atoms with E-state index in [9.17, 15) is 9.90 Å². The van der Waals surface area contributed by atoms with Crippen molar-refractivity contribution in [2.45, 2.75) is 13.0 Å². The first kappa shape index (κ1) is 13.4. The molecule has 2 aromatic carbocycles. The summed E-state index contributed by atoms with van der Waals surface area (Å²) in [5.74, 6) is -0.544. The molecule has 1 N–H and O–H groups in total. The molecule has 3 nitrogen and oxygen atoms in total. The van der Waals surface area contributed by atoms with E-state index in [0.29, 0.717) is 16.3 Å². The Hall–Kier alpha value is -2.00. The fourth-order valence-electron chi connectivity index (χ4n) is 1.72. The maximum atomic E-state index is 11.3. The van der Waals surface area contributed by atoms with E-state index < -0.39 is 12.1 Å². The van der Waals surface area contributed by atoms with E-state index in [-0.39, 0.29) is 0 Å². The third kappa shape index (κ3) is 3.26. The first-order valence-electron chi connectivity index (χ1n) is 5.78. The third-order valence-electron chi connectivity index (χ3n) is 2.71. The molecule has 0 bridgehead atoms. The Bertz CT molecular complexity index is 581. The van der Waals surface area contributed by atoms with Crippen LogP contribution in [0.2, 0.25) is 5.02 Å². The van der Waals surface area contributed by atoms with E-state index in [1.807, 2.05) is 13.0 Å². The van der Waals surface area contributed by atoms with Gasteiger partial charge in [-0.1, -0.05) is 41.9 Å². The summed E-state index contributed by atoms with van der Waals surface area (Å²) >= 11 is 5.92. The average molecular weight is 277 g/mol. The van der Waals surface area contributed by atoms with Crippen molar-refractivity contribution in [1.82, 2.24) is 0 Å². The molecule has 0 aliphatic rings. The molecule has 0 saturated carbocycles. The zero-order chi connectivity index (χ0) is 13.8. The molecule has 2 rings (SSSR count). The maximum Gasteiger partial charge on any atom is 0.349 e. The van der Waals surface area contributed by atoms with Gasteiger partial charge in [-0.05, 0) is 30.7 Å². The highest BCUT2D eigenvalue weighted by Gasteiger charge is 2.21. The van der Waals surface area contributed by atoms with Gasteiger partial charge in [-0.2, -0.15) is 0 Å². The van der Waals surface area contributed by atoms with Crippen molar-refractivity contribution in [3.8, 4) is 5.75 Å². The molecule has 0 radical (unpaired) electrons. The molecule has 2 aromatic rings. The number of ether oxygens (including phenoxy) is 1. The summed E-state index contributed by atoms with van der Waals surface area (Å²) in [5.41, 5.74) is 1.44. The molecule has 0 aliphatic heterocycles. The van der Waals surface area contributed by atoms with Crippen LogP contribution in [0.15, 0.2) is 48.5 Å². The Balaban J connectivity index is 2.27. The highest BCUT2D eigenvalue weighted by molar-refractivity contribution is 6.31. The van der Waals surface area contributed by atoms with Crippen molar-refractivity contribution in [2.75, 3.05) is 0 Å². The molecule has 0 saturated heterocycles. The lowest BCUT2D eigenvalue weighted by Gasteiger charge is -2.16. The van der Waals surface area contributed by atoms with Gasteiger partial charge in [-0.25, -0.2) is 4.79 Å². The van der Waals surface area contributed by atoms with Crippen molar-refractivity contribution in [2.24, 2.45) is 0 Å². The van der Waals surface area contributed by atoms with Gasteiger partial charge in [0.05, 0.1) is 0 Å². The second-order valence-corrected chi connectivity index (χ2v) is 4.57. The number of aryl methyl sites for hydroxylation is 1. The number of hydrogen-bond acceptors (Lipinski definition) is 2. The summed E-state index contributed by atoms with van der Waals surface area (Å²) in [7, 11) is 0. The van der Waals surface area contributed by atoms with Gasteiger partial charge >= 0.3 is 5.97 Å². The second kappa shape index (κ2) is 5.76. The van der Waals surface area contributed by atoms with Gasteiger partial charge in [0.25, 0.3) is 0 Å². The zero-order valence-electron chi connectivity index (χ0n) is 10.3. The number of carbonyl (C=O) groups is 1. The van der Waals surface area contributed by atoms with Crippen LogP contribution in [-0.2, 0) is 4.79 Å². The lowest BCUT2D eigenvalue weighted by Crippen LogP contribution is -2.18. The van der Waals surface area contributed by atoms with Crippen LogP contribution < -0.4 is 4.74 Å². The molecule has 0 amide bonds. The SMILES string of the molecule is Cc1cc(OC(C(=O)O)c2ccccc2)ccc1Cl. The molecule has 19 heavy (non-hydrogen) atoms. The fraction of sp³-hybridized carbons (Fsp3) is 0.133. The van der Waals surface area contributed by atoms with Crippen LogP contribution in [0.4, 0.5) is 0 Å². The number of hydrogen-bond donors (Lipinski definition) is 1. The summed E-state index contributed by atoms with van der Waals surface area (Å²) < 4.78 is 5.54. The number of carboxylic acid groups (broad SMARTS) is 1. The predicted molar refractivity (Wildman–Crippen MR) is 73.6 cm³/mol. The van der Waals surface area contributed by atoms with Crippen molar-refractivity contribution in [1.29, 1.82) is 0 Å². The average Bonchev–Trinajstić information content (AvgIpc) is 2.40. The number of halogens is 1. The van der Waals surface area contributed by atoms with Gasteiger partial charge in [0.2, 0.25) is 6.10 Å². The summed E-state index contributed by atoms with van der Waals surface area (Å²) in [6.45, 7) is 1.84. The molecule has 1 unspecified atom stereocenters. The van der Waals surface area contributed by atoms with Gasteiger partial charge in [-0.15, -0.1) is 0 Å². The number of carboxylic acids is 1. The molecular weight excluding hydrogens is 264 g/mol. The lowest BCUT2D eigenvalue weighted by molar-refractivity contribution is -0.145. The number of rotatable bonds is 4. The minimum atomic E-state index is -1.03. The quantitative estimate of drug-likeness (QED) is 0.922. The molecule has 0 aromatic heterocycles. The molecular formula is C15H13ClO3. The first-order valence-corrected chi connectivity index (χ1v) is 6.16. The van der Waals surface area contributed by atoms with Gasteiger partial charge in [0, 0.05) is 10.6 Å². The van der Waals surface area contributed by atoms with Crippen LogP contribution >= 0.6 is 11.6 Å². The van der Waals surface area contributed by atoms with Crippen molar-refractivity contribution in [3.63, 3.8) is 0 Å². The molecule has 0 spiro atoms. The molecule has 0 fully saturated rings. The molecule has 0 aliphatic carbocycles. The summed E-state index contributed by atoms with van der Waals surface area (Å²) in [6.07, 6.45) is -1.03. The van der Waals surface area contributed by atoms with Crippen molar-refractivity contribution >= 4 is 17.6 Å². The van der Waals surface area contributed by atoms with Gasteiger partial charge in [0.15, 0.2) is 0 Å². The van der Waals surface area contributed by atoms with E-state index in [1.165, 1.54) is 0 Å². The lowest BCUT2D eigenvalue weighted by atomic mass is 10.1. The Morgan fingerprint density at radius 2 is 1.89 bits per heavy atom. The molecule has 1 atom stereocenters. The van der Waals surface area contributed by atoms with Gasteiger partial charge in [0.1, 0.15) is 5.75 Å². The van der Waals surface area contributed by atoms with Crippen LogP contribution in [0.1, 0.15) is 17.2 Å². The van der Waals surface area contributed by atoms with Gasteiger partial charge < -0.3 is 9.84 Å². The fourth-order valence-corrected chi connectivity index (χ4v) is 1.83. The van der Waals surface area contributed by atoms with Crippen LogP contribution in [0, 0.1) is 6.92 Å². The Kier molecular flexibility index (Phi) is 4.07. The van der Waals surface area contributed by atoms with Crippen LogP contribution in [-0.4, -0.2) is 11.1 Å². The minimum absolute atomic E-state index is 0.484. The normalized spacial score (nSPS) is 11.9. The van der Waals surface area contributed by atoms with Crippen molar-refractivity contribution in [3.05, 3.63) is 64.7 Å². The number of benzene rings is 2.